The summed E-state index contributed by atoms with van der Waals surface area (Å²) in [5, 5.41) is 13.7. The van der Waals surface area contributed by atoms with Crippen molar-refractivity contribution in [3.8, 4) is 11.6 Å². The van der Waals surface area contributed by atoms with E-state index in [1.165, 1.54) is 0 Å². The molecule has 3 aromatic heterocycles. The monoisotopic (exact) mass is 469 g/mol. The van der Waals surface area contributed by atoms with Crippen molar-refractivity contribution in [2.24, 2.45) is 4.99 Å². The first-order chi connectivity index (χ1) is 12.3. The summed E-state index contributed by atoms with van der Waals surface area (Å²) in [6.07, 6.45) is 6.39. The second-order valence-electron chi connectivity index (χ2n) is 5.44. The lowest BCUT2D eigenvalue weighted by Gasteiger charge is -2.11. The third-order valence-corrected chi connectivity index (χ3v) is 3.56. The largest absolute Gasteiger partial charge is 0.461 e. The van der Waals surface area contributed by atoms with Crippen LogP contribution in [0, 0.1) is 0 Å². The van der Waals surface area contributed by atoms with Gasteiger partial charge in [-0.3, -0.25) is 10.1 Å². The van der Waals surface area contributed by atoms with Crippen LogP contribution in [0.2, 0.25) is 0 Å². The van der Waals surface area contributed by atoms with Crippen LogP contribution in [0.4, 0.5) is 0 Å². The molecule has 0 saturated carbocycles. The Hall–Kier alpha value is -2.30. The van der Waals surface area contributed by atoms with Gasteiger partial charge in [-0.25, -0.2) is 4.98 Å². The van der Waals surface area contributed by atoms with Crippen LogP contribution in [0.1, 0.15) is 12.7 Å². The summed E-state index contributed by atoms with van der Waals surface area (Å²) in [5.74, 6) is 2.82. The highest BCUT2D eigenvalue weighted by Gasteiger charge is 2.07. The minimum atomic E-state index is 0. The molecular weight excluding hydrogens is 445 g/mol. The van der Waals surface area contributed by atoms with Crippen LogP contribution in [-0.2, 0) is 13.0 Å². The molecule has 0 amide bonds. The van der Waals surface area contributed by atoms with E-state index in [1.807, 2.05) is 36.7 Å². The van der Waals surface area contributed by atoms with Crippen LogP contribution < -0.4 is 10.6 Å². The van der Waals surface area contributed by atoms with Gasteiger partial charge in [0.2, 0.25) is 5.82 Å². The number of aromatic nitrogens is 4. The lowest BCUT2D eigenvalue weighted by Crippen LogP contribution is -2.39. The standard InChI is InChI=1S/C17H23N7O.HI/c1-2-18-17(20-9-12-24-10-3-4-11-24)19-8-7-15-21-16(23-22-15)14-6-5-13-25-14;/h3-6,10-11,13H,2,7-9,12H2,1H3,(H2,18,19,20)(H,21,22,23);1H. The van der Waals surface area contributed by atoms with Gasteiger partial charge in [0, 0.05) is 45.0 Å². The molecule has 0 radical (unpaired) electrons. The number of furan rings is 1. The Morgan fingerprint density at radius 2 is 2.12 bits per heavy atom. The molecule has 0 saturated heterocycles. The molecule has 3 rings (SSSR count). The Labute approximate surface area is 169 Å². The first kappa shape index (κ1) is 20.0. The highest BCUT2D eigenvalue weighted by atomic mass is 127. The van der Waals surface area contributed by atoms with Gasteiger partial charge in [0.15, 0.2) is 11.7 Å². The fraction of sp³-hybridized carbons (Fsp3) is 0.353. The molecule has 26 heavy (non-hydrogen) atoms. The third kappa shape index (κ3) is 5.90. The second-order valence-corrected chi connectivity index (χ2v) is 5.44. The van der Waals surface area contributed by atoms with E-state index >= 15 is 0 Å². The highest BCUT2D eigenvalue weighted by molar-refractivity contribution is 14.0. The summed E-state index contributed by atoms with van der Waals surface area (Å²) in [4.78, 5) is 8.99. The molecule has 140 valence electrons. The van der Waals surface area contributed by atoms with Gasteiger partial charge in [0.05, 0.1) is 6.26 Å². The minimum Gasteiger partial charge on any atom is -0.461 e. The number of guanidine groups is 1. The summed E-state index contributed by atoms with van der Waals surface area (Å²) in [7, 11) is 0. The van der Waals surface area contributed by atoms with Gasteiger partial charge in [0.25, 0.3) is 0 Å². The molecule has 9 heteroatoms. The summed E-state index contributed by atoms with van der Waals surface area (Å²) < 4.78 is 7.41. The van der Waals surface area contributed by atoms with Crippen LogP contribution in [0.3, 0.4) is 0 Å². The zero-order valence-electron chi connectivity index (χ0n) is 14.7. The van der Waals surface area contributed by atoms with Crippen LogP contribution in [-0.4, -0.2) is 45.3 Å². The average molecular weight is 469 g/mol. The lowest BCUT2D eigenvalue weighted by atomic mass is 10.4. The van der Waals surface area contributed by atoms with E-state index in [0.29, 0.717) is 24.6 Å². The van der Waals surface area contributed by atoms with Crippen LogP contribution in [0.15, 0.2) is 52.3 Å². The second kappa shape index (κ2) is 10.6. The van der Waals surface area contributed by atoms with Crippen molar-refractivity contribution < 1.29 is 4.42 Å². The number of aromatic amines is 1. The molecule has 0 spiro atoms. The molecule has 3 heterocycles. The third-order valence-electron chi connectivity index (χ3n) is 3.56. The van der Waals surface area contributed by atoms with Crippen molar-refractivity contribution in [3.05, 3.63) is 48.7 Å². The lowest BCUT2D eigenvalue weighted by molar-refractivity contribution is 0.577. The average Bonchev–Trinajstić information content (AvgIpc) is 3.37. The predicted molar refractivity (Wildman–Crippen MR) is 112 cm³/mol. The van der Waals surface area contributed by atoms with Crippen molar-refractivity contribution in [2.75, 3.05) is 19.6 Å². The van der Waals surface area contributed by atoms with E-state index < -0.39 is 0 Å². The summed E-state index contributed by atoms with van der Waals surface area (Å²) in [6.45, 7) is 5.19. The summed E-state index contributed by atoms with van der Waals surface area (Å²) >= 11 is 0. The molecule has 0 aliphatic carbocycles. The number of rotatable bonds is 8. The normalized spacial score (nSPS) is 11.2. The fourth-order valence-corrected chi connectivity index (χ4v) is 2.36. The molecule has 3 aromatic rings. The maximum absolute atomic E-state index is 5.29. The van der Waals surface area contributed by atoms with Gasteiger partial charge in [-0.05, 0) is 31.2 Å². The molecule has 0 aliphatic rings. The van der Waals surface area contributed by atoms with E-state index in [4.69, 9.17) is 4.42 Å². The highest BCUT2D eigenvalue weighted by Crippen LogP contribution is 2.14. The van der Waals surface area contributed by atoms with E-state index in [0.717, 1.165) is 31.4 Å². The Bertz CT molecular complexity index is 765. The molecule has 0 unspecified atom stereocenters. The molecular formula is C17H24IN7O. The molecule has 0 aliphatic heterocycles. The summed E-state index contributed by atoms with van der Waals surface area (Å²) in [6, 6.07) is 7.70. The summed E-state index contributed by atoms with van der Waals surface area (Å²) in [5.41, 5.74) is 0. The van der Waals surface area contributed by atoms with E-state index in [9.17, 15) is 0 Å². The van der Waals surface area contributed by atoms with Gasteiger partial charge in [0.1, 0.15) is 5.82 Å². The first-order valence-electron chi connectivity index (χ1n) is 8.43. The van der Waals surface area contributed by atoms with E-state index in [2.05, 4.69) is 42.3 Å². The number of aliphatic imine (C=N–C) groups is 1. The van der Waals surface area contributed by atoms with Gasteiger partial charge >= 0.3 is 0 Å². The van der Waals surface area contributed by atoms with Crippen molar-refractivity contribution >= 4 is 29.9 Å². The minimum absolute atomic E-state index is 0. The van der Waals surface area contributed by atoms with E-state index in [1.54, 1.807) is 6.26 Å². The van der Waals surface area contributed by atoms with Gasteiger partial charge in [-0.1, -0.05) is 0 Å². The number of nitrogens with one attached hydrogen (secondary N) is 3. The fourth-order valence-electron chi connectivity index (χ4n) is 2.36. The molecule has 8 nitrogen and oxygen atoms in total. The van der Waals surface area contributed by atoms with Gasteiger partial charge in [-0.2, -0.15) is 5.10 Å². The zero-order valence-corrected chi connectivity index (χ0v) is 17.0. The van der Waals surface area contributed by atoms with Crippen LogP contribution in [0.25, 0.3) is 11.6 Å². The van der Waals surface area contributed by atoms with Crippen LogP contribution >= 0.6 is 24.0 Å². The topological polar surface area (TPSA) is 96.1 Å². The molecule has 0 bridgehead atoms. The Morgan fingerprint density at radius 1 is 1.27 bits per heavy atom. The number of H-pyrrole nitrogens is 1. The quantitative estimate of drug-likeness (QED) is 0.267. The number of hydrogen-bond donors (Lipinski definition) is 3. The number of halogens is 1. The molecule has 0 atom stereocenters. The van der Waals surface area contributed by atoms with Crippen molar-refractivity contribution in [1.29, 1.82) is 0 Å². The Morgan fingerprint density at radius 3 is 2.85 bits per heavy atom. The number of hydrogen-bond acceptors (Lipinski definition) is 4. The van der Waals surface area contributed by atoms with Gasteiger partial charge < -0.3 is 19.6 Å². The van der Waals surface area contributed by atoms with E-state index in [-0.39, 0.29) is 24.0 Å². The van der Waals surface area contributed by atoms with Gasteiger partial charge in [-0.15, -0.1) is 24.0 Å². The molecule has 0 fully saturated rings. The predicted octanol–water partition coefficient (Wildman–Crippen LogP) is 2.28. The number of nitrogens with zero attached hydrogens (tertiary/aromatic N) is 4. The maximum atomic E-state index is 5.29. The zero-order chi connectivity index (χ0) is 17.3. The van der Waals surface area contributed by atoms with Crippen molar-refractivity contribution in [3.63, 3.8) is 0 Å². The smallest absolute Gasteiger partial charge is 0.216 e. The Balaban J connectivity index is 0.00000243. The Kier molecular flexibility index (Phi) is 8.19. The first-order valence-corrected chi connectivity index (χ1v) is 8.43. The SMILES string of the molecule is CCNC(=NCCc1nc(-c2ccco2)n[nH]1)NCCn1cccc1.I. The van der Waals surface area contributed by atoms with Crippen molar-refractivity contribution in [2.45, 2.75) is 19.9 Å². The molecule has 0 aromatic carbocycles. The maximum Gasteiger partial charge on any atom is 0.216 e. The van der Waals surface area contributed by atoms with Crippen molar-refractivity contribution in [1.82, 2.24) is 30.4 Å². The molecule has 3 N–H and O–H groups in total. The van der Waals surface area contributed by atoms with Crippen LogP contribution in [0.5, 0.6) is 0 Å².